The van der Waals surface area contributed by atoms with Gasteiger partial charge in [0.05, 0.1) is 6.42 Å². The molecule has 0 aromatic carbocycles. The van der Waals surface area contributed by atoms with E-state index in [9.17, 15) is 9.59 Å². The lowest BCUT2D eigenvalue weighted by molar-refractivity contribution is -0.140. The molecule has 0 spiro atoms. The van der Waals surface area contributed by atoms with Crippen LogP contribution in [-0.4, -0.2) is 34.5 Å². The number of carbonyl (C=O) groups excluding carboxylic acids is 1. The second-order valence-electron chi connectivity index (χ2n) is 6.78. The van der Waals surface area contributed by atoms with Crippen molar-refractivity contribution in [2.24, 2.45) is 29.6 Å². The fourth-order valence-electron chi connectivity index (χ4n) is 4.69. The van der Waals surface area contributed by atoms with Gasteiger partial charge in [-0.3, -0.25) is 9.59 Å². The second kappa shape index (κ2) is 4.50. The number of hydrogen-bond donors (Lipinski definition) is 1. The van der Waals surface area contributed by atoms with Crippen LogP contribution in [0.15, 0.2) is 0 Å². The predicted molar refractivity (Wildman–Crippen MR) is 70.4 cm³/mol. The summed E-state index contributed by atoms with van der Waals surface area (Å²) in [5, 5.41) is 8.80. The summed E-state index contributed by atoms with van der Waals surface area (Å²) in [6.45, 7) is 4.32. The van der Waals surface area contributed by atoms with Gasteiger partial charge in [-0.1, -0.05) is 0 Å². The van der Waals surface area contributed by atoms with Crippen molar-refractivity contribution in [3.05, 3.63) is 0 Å². The van der Waals surface area contributed by atoms with Gasteiger partial charge >= 0.3 is 5.97 Å². The molecule has 0 saturated heterocycles. The number of amides is 1. The highest BCUT2D eigenvalue weighted by atomic mass is 16.4. The lowest BCUT2D eigenvalue weighted by Gasteiger charge is -2.27. The van der Waals surface area contributed by atoms with Crippen LogP contribution in [0.5, 0.6) is 0 Å². The van der Waals surface area contributed by atoms with E-state index in [1.807, 2.05) is 13.8 Å². The number of rotatable bonds is 5. The SMILES string of the molecule is CC(C)N(CCC(=O)O)C(=O)C1C2C3CCC(C3)C12. The largest absolute Gasteiger partial charge is 0.481 e. The molecule has 1 N–H and O–H groups in total. The first kappa shape index (κ1) is 12.9. The van der Waals surface area contributed by atoms with Crippen molar-refractivity contribution >= 4 is 11.9 Å². The molecule has 3 aliphatic carbocycles. The minimum absolute atomic E-state index is 0.0544. The van der Waals surface area contributed by atoms with Gasteiger partial charge in [0, 0.05) is 18.5 Å². The molecule has 1 amide bonds. The summed E-state index contributed by atoms with van der Waals surface area (Å²) in [4.78, 5) is 25.1. The summed E-state index contributed by atoms with van der Waals surface area (Å²) in [7, 11) is 0. The Morgan fingerprint density at radius 1 is 1.21 bits per heavy atom. The van der Waals surface area contributed by atoms with Crippen LogP contribution in [0.3, 0.4) is 0 Å². The van der Waals surface area contributed by atoms with E-state index in [0.717, 1.165) is 11.8 Å². The van der Waals surface area contributed by atoms with Crippen LogP contribution in [0.4, 0.5) is 0 Å². The molecular weight excluding hydrogens is 242 g/mol. The highest BCUT2D eigenvalue weighted by Gasteiger charge is 2.68. The molecule has 106 valence electrons. The molecule has 0 aliphatic heterocycles. The minimum Gasteiger partial charge on any atom is -0.481 e. The minimum atomic E-state index is -0.825. The van der Waals surface area contributed by atoms with Crippen LogP contribution in [0.1, 0.15) is 39.5 Å². The fraction of sp³-hybridized carbons (Fsp3) is 0.867. The Balaban J connectivity index is 1.64. The van der Waals surface area contributed by atoms with Crippen molar-refractivity contribution in [2.75, 3.05) is 6.54 Å². The van der Waals surface area contributed by atoms with Gasteiger partial charge in [-0.05, 0) is 56.8 Å². The number of carboxylic acids is 1. The first-order valence-corrected chi connectivity index (χ1v) is 7.53. The third-order valence-corrected chi connectivity index (χ3v) is 5.49. The maximum Gasteiger partial charge on any atom is 0.305 e. The summed E-state index contributed by atoms with van der Waals surface area (Å²) >= 11 is 0. The predicted octanol–water partition coefficient (Wildman–Crippen LogP) is 1.99. The number of nitrogens with zero attached hydrogens (tertiary/aromatic N) is 1. The van der Waals surface area contributed by atoms with E-state index in [0.29, 0.717) is 18.4 Å². The molecule has 0 aromatic rings. The molecule has 2 bridgehead atoms. The Morgan fingerprint density at radius 3 is 2.26 bits per heavy atom. The summed E-state index contributed by atoms with van der Waals surface area (Å²) in [5.74, 6) is 2.48. The number of aliphatic carboxylic acids is 1. The molecule has 3 saturated carbocycles. The molecule has 4 heteroatoms. The Morgan fingerprint density at radius 2 is 1.79 bits per heavy atom. The van der Waals surface area contributed by atoms with Crippen LogP contribution in [0.2, 0.25) is 0 Å². The van der Waals surface area contributed by atoms with E-state index >= 15 is 0 Å². The topological polar surface area (TPSA) is 57.6 Å². The number of carbonyl (C=O) groups is 2. The van der Waals surface area contributed by atoms with Crippen molar-refractivity contribution in [3.8, 4) is 0 Å². The third-order valence-electron chi connectivity index (χ3n) is 5.49. The van der Waals surface area contributed by atoms with Crippen LogP contribution >= 0.6 is 0 Å². The van der Waals surface area contributed by atoms with Crippen molar-refractivity contribution in [1.82, 2.24) is 4.90 Å². The molecule has 4 nitrogen and oxygen atoms in total. The van der Waals surface area contributed by atoms with E-state index in [2.05, 4.69) is 0 Å². The normalized spacial score (nSPS) is 38.4. The van der Waals surface area contributed by atoms with Crippen LogP contribution in [-0.2, 0) is 9.59 Å². The van der Waals surface area contributed by atoms with Crippen LogP contribution in [0.25, 0.3) is 0 Å². The Hall–Kier alpha value is -1.06. The molecule has 3 rings (SSSR count). The molecular formula is C15H23NO3. The van der Waals surface area contributed by atoms with Crippen molar-refractivity contribution in [1.29, 1.82) is 0 Å². The van der Waals surface area contributed by atoms with Crippen molar-refractivity contribution in [3.63, 3.8) is 0 Å². The Kier molecular flexibility index (Phi) is 3.06. The maximum absolute atomic E-state index is 12.6. The Labute approximate surface area is 114 Å². The van der Waals surface area contributed by atoms with Gasteiger partial charge in [0.1, 0.15) is 0 Å². The van der Waals surface area contributed by atoms with E-state index in [1.54, 1.807) is 4.90 Å². The second-order valence-corrected chi connectivity index (χ2v) is 6.78. The van der Waals surface area contributed by atoms with Gasteiger partial charge in [0.2, 0.25) is 5.91 Å². The highest BCUT2D eigenvalue weighted by Crippen LogP contribution is 2.69. The van der Waals surface area contributed by atoms with Gasteiger partial charge in [-0.25, -0.2) is 0 Å². The van der Waals surface area contributed by atoms with E-state index in [1.165, 1.54) is 19.3 Å². The Bertz CT molecular complexity index is 390. The van der Waals surface area contributed by atoms with Crippen molar-refractivity contribution < 1.29 is 14.7 Å². The molecule has 0 aromatic heterocycles. The summed E-state index contributed by atoms with van der Waals surface area (Å²) in [5.41, 5.74) is 0. The van der Waals surface area contributed by atoms with Crippen LogP contribution in [0, 0.1) is 29.6 Å². The molecule has 3 aliphatic rings. The zero-order valence-electron chi connectivity index (χ0n) is 11.7. The summed E-state index contributed by atoms with van der Waals surface area (Å²) in [6.07, 6.45) is 4.02. The van der Waals surface area contributed by atoms with Crippen molar-refractivity contribution in [2.45, 2.75) is 45.6 Å². The quantitative estimate of drug-likeness (QED) is 0.827. The average Bonchev–Trinajstić information content (AvgIpc) is 2.77. The molecule has 3 fully saturated rings. The first-order valence-electron chi connectivity index (χ1n) is 7.53. The monoisotopic (exact) mass is 265 g/mol. The number of hydrogen-bond acceptors (Lipinski definition) is 2. The molecule has 19 heavy (non-hydrogen) atoms. The van der Waals surface area contributed by atoms with Gasteiger partial charge in [0.15, 0.2) is 0 Å². The van der Waals surface area contributed by atoms with Crippen LogP contribution < -0.4 is 0 Å². The number of carboxylic acid groups (broad SMARTS) is 1. The molecule has 0 radical (unpaired) electrons. The maximum atomic E-state index is 12.6. The smallest absolute Gasteiger partial charge is 0.305 e. The standard InChI is InChI=1S/C15H23NO3/c1-8(2)16(6-5-11(17)18)15(19)14-12-9-3-4-10(7-9)13(12)14/h8-10,12-14H,3-7H2,1-2H3,(H,17,18). The van der Waals surface area contributed by atoms with Gasteiger partial charge in [0.25, 0.3) is 0 Å². The van der Waals surface area contributed by atoms with Gasteiger partial charge in [-0.15, -0.1) is 0 Å². The molecule has 0 heterocycles. The van der Waals surface area contributed by atoms with E-state index < -0.39 is 5.97 Å². The van der Waals surface area contributed by atoms with E-state index in [4.69, 9.17) is 5.11 Å². The molecule has 4 unspecified atom stereocenters. The zero-order valence-corrected chi connectivity index (χ0v) is 11.7. The molecule has 4 atom stereocenters. The average molecular weight is 265 g/mol. The highest BCUT2D eigenvalue weighted by molar-refractivity contribution is 5.83. The fourth-order valence-corrected chi connectivity index (χ4v) is 4.69. The lowest BCUT2D eigenvalue weighted by Crippen LogP contribution is -2.40. The summed E-state index contributed by atoms with van der Waals surface area (Å²) in [6, 6.07) is 0.103. The van der Waals surface area contributed by atoms with Gasteiger partial charge in [-0.2, -0.15) is 0 Å². The summed E-state index contributed by atoms with van der Waals surface area (Å²) < 4.78 is 0. The zero-order chi connectivity index (χ0) is 13.7. The number of fused-ring (bicyclic) bond motifs is 5. The van der Waals surface area contributed by atoms with E-state index in [-0.39, 0.29) is 24.3 Å². The first-order chi connectivity index (χ1) is 9.00. The lowest BCUT2D eigenvalue weighted by atomic mass is 10.0. The third kappa shape index (κ3) is 2.05. The van der Waals surface area contributed by atoms with Gasteiger partial charge < -0.3 is 10.0 Å².